The molecular weight excluding hydrogens is 268 g/mol. The van der Waals surface area contributed by atoms with Crippen molar-refractivity contribution in [3.05, 3.63) is 29.8 Å². The van der Waals surface area contributed by atoms with E-state index in [-0.39, 0.29) is 35.1 Å². The van der Waals surface area contributed by atoms with Crippen molar-refractivity contribution >= 4 is 10.1 Å². The third-order valence-corrected chi connectivity index (χ3v) is 2.86. The summed E-state index contributed by atoms with van der Waals surface area (Å²) in [6.45, 7) is 0. The monoisotopic (exact) mass is 276 g/mol. The summed E-state index contributed by atoms with van der Waals surface area (Å²) < 4.78 is 68.1. The summed E-state index contributed by atoms with van der Waals surface area (Å²) in [6, 6.07) is 4.90. The molecule has 1 aromatic carbocycles. The molecule has 0 N–H and O–H groups in total. The van der Waals surface area contributed by atoms with Gasteiger partial charge in [0.2, 0.25) is 0 Å². The molecule has 1 rings (SSSR count). The average Bonchev–Trinajstić information content (AvgIpc) is 2.12. The summed E-state index contributed by atoms with van der Waals surface area (Å²) in [5.74, 6) is 0. The minimum absolute atomic E-state index is 0. The first-order valence-electron chi connectivity index (χ1n) is 4.31. The van der Waals surface area contributed by atoms with Crippen LogP contribution in [0.25, 0.3) is 0 Å². The summed E-state index contributed by atoms with van der Waals surface area (Å²) in [5.41, 5.74) is -0.102. The van der Waals surface area contributed by atoms with Crippen molar-refractivity contribution in [1.82, 2.24) is 0 Å². The molecule has 0 fully saturated rings. The molecule has 0 aliphatic rings. The number of hydrogen-bond acceptors (Lipinski definition) is 3. The zero-order valence-corrected chi connectivity index (χ0v) is 11.8. The molecule has 0 saturated carbocycles. The first kappa shape index (κ1) is 16.9. The summed E-state index contributed by atoms with van der Waals surface area (Å²) >= 11 is 0. The van der Waals surface area contributed by atoms with Crippen LogP contribution in [-0.2, 0) is 16.5 Å². The fourth-order valence-electron chi connectivity index (χ4n) is 1.23. The minimum atomic E-state index is -4.72. The first-order chi connectivity index (χ1) is 7.20. The fraction of sp³-hybridized carbons (Fsp3) is 0.333. The number of alkyl halides is 3. The number of benzene rings is 1. The van der Waals surface area contributed by atoms with E-state index in [4.69, 9.17) is 0 Å². The van der Waals surface area contributed by atoms with E-state index in [1.807, 2.05) is 0 Å². The molecule has 90 valence electrons. The Morgan fingerprint density at radius 2 is 1.71 bits per heavy atom. The van der Waals surface area contributed by atoms with Crippen molar-refractivity contribution in [3.8, 4) is 0 Å². The van der Waals surface area contributed by atoms with Crippen LogP contribution in [0.4, 0.5) is 13.2 Å². The van der Waals surface area contributed by atoms with E-state index >= 15 is 0 Å². The maximum Gasteiger partial charge on any atom is 1.00 e. The third kappa shape index (κ3) is 5.87. The molecule has 0 spiro atoms. The summed E-state index contributed by atoms with van der Waals surface area (Å²) in [4.78, 5) is -0.584. The summed E-state index contributed by atoms with van der Waals surface area (Å²) in [7, 11) is -4.72. The molecule has 0 bridgehead atoms. The van der Waals surface area contributed by atoms with E-state index in [9.17, 15) is 26.1 Å². The van der Waals surface area contributed by atoms with Gasteiger partial charge in [-0.2, -0.15) is 13.2 Å². The molecule has 0 aromatic heterocycles. The van der Waals surface area contributed by atoms with Gasteiger partial charge in [-0.05, 0) is 18.1 Å². The zero-order chi connectivity index (χ0) is 12.4. The van der Waals surface area contributed by atoms with Crippen LogP contribution in [0.1, 0.15) is 12.0 Å². The van der Waals surface area contributed by atoms with Gasteiger partial charge in [0.15, 0.2) is 0 Å². The topological polar surface area (TPSA) is 57.2 Å². The van der Waals surface area contributed by atoms with Crippen LogP contribution < -0.4 is 29.6 Å². The van der Waals surface area contributed by atoms with Gasteiger partial charge in [-0.25, -0.2) is 8.42 Å². The summed E-state index contributed by atoms with van der Waals surface area (Å²) in [5, 5.41) is 0. The molecule has 0 aliphatic heterocycles. The Morgan fingerprint density at radius 3 is 2.18 bits per heavy atom. The van der Waals surface area contributed by atoms with Gasteiger partial charge in [0, 0.05) is 6.42 Å². The Hall–Kier alpha value is -0.0800. The molecular formula is C9H8F3NaO3S. The number of rotatable bonds is 3. The van der Waals surface area contributed by atoms with E-state index in [1.165, 1.54) is 18.2 Å². The van der Waals surface area contributed by atoms with Gasteiger partial charge >= 0.3 is 35.7 Å². The Kier molecular flexibility index (Phi) is 6.16. The Morgan fingerprint density at radius 1 is 1.18 bits per heavy atom. The van der Waals surface area contributed by atoms with Crippen LogP contribution >= 0.6 is 0 Å². The van der Waals surface area contributed by atoms with Crippen LogP contribution in [0.2, 0.25) is 0 Å². The quantitative estimate of drug-likeness (QED) is 0.530. The second-order valence-corrected chi connectivity index (χ2v) is 4.53. The molecule has 0 unspecified atom stereocenters. The molecule has 8 heteroatoms. The average molecular weight is 276 g/mol. The Labute approximate surface area is 119 Å². The van der Waals surface area contributed by atoms with Gasteiger partial charge in [-0.3, -0.25) is 0 Å². The summed E-state index contributed by atoms with van der Waals surface area (Å²) in [6.07, 6.45) is -6.04. The molecule has 17 heavy (non-hydrogen) atoms. The molecule has 1 aromatic rings. The van der Waals surface area contributed by atoms with Gasteiger partial charge in [0.25, 0.3) is 0 Å². The van der Waals surface area contributed by atoms with Gasteiger partial charge in [0.1, 0.15) is 10.1 Å². The van der Waals surface area contributed by atoms with Crippen molar-refractivity contribution < 1.29 is 55.7 Å². The fourth-order valence-corrected chi connectivity index (χ4v) is 1.97. The van der Waals surface area contributed by atoms with Crippen LogP contribution in [-0.4, -0.2) is 19.1 Å². The number of halogens is 3. The van der Waals surface area contributed by atoms with E-state index in [0.29, 0.717) is 0 Å². The molecule has 0 radical (unpaired) electrons. The normalized spacial score (nSPS) is 12.0. The predicted octanol–water partition coefficient (Wildman–Crippen LogP) is -0.910. The van der Waals surface area contributed by atoms with Crippen molar-refractivity contribution in [2.75, 3.05) is 0 Å². The number of aryl methyl sites for hydroxylation is 1. The molecule has 0 amide bonds. The Balaban J connectivity index is 0.00000256. The van der Waals surface area contributed by atoms with Gasteiger partial charge in [-0.1, -0.05) is 18.2 Å². The molecule has 0 atom stereocenters. The van der Waals surface area contributed by atoms with Crippen molar-refractivity contribution in [2.24, 2.45) is 0 Å². The van der Waals surface area contributed by atoms with Crippen molar-refractivity contribution in [1.29, 1.82) is 0 Å². The standard InChI is InChI=1S/C9H9F3O3S.Na/c10-9(11,12)6-5-7-3-1-2-4-8(7)16(13,14)15;/h1-4H,5-6H2,(H,13,14,15);/q;+1/p-1. The molecule has 0 saturated heterocycles. The molecule has 0 heterocycles. The number of hydrogen-bond donors (Lipinski definition) is 0. The second-order valence-electron chi connectivity index (χ2n) is 3.18. The van der Waals surface area contributed by atoms with Crippen LogP contribution in [0.15, 0.2) is 29.2 Å². The van der Waals surface area contributed by atoms with E-state index in [0.717, 1.165) is 6.07 Å². The smallest absolute Gasteiger partial charge is 0.744 e. The van der Waals surface area contributed by atoms with Crippen LogP contribution in [0.3, 0.4) is 0 Å². The first-order valence-corrected chi connectivity index (χ1v) is 5.71. The van der Waals surface area contributed by atoms with Crippen LogP contribution in [0.5, 0.6) is 0 Å². The zero-order valence-electron chi connectivity index (χ0n) is 8.99. The van der Waals surface area contributed by atoms with E-state index < -0.39 is 34.0 Å². The van der Waals surface area contributed by atoms with Crippen molar-refractivity contribution in [2.45, 2.75) is 23.9 Å². The van der Waals surface area contributed by atoms with Gasteiger partial charge in [0.05, 0.1) is 4.90 Å². The molecule has 3 nitrogen and oxygen atoms in total. The Bertz CT molecular complexity index is 471. The van der Waals surface area contributed by atoms with E-state index in [2.05, 4.69) is 0 Å². The minimum Gasteiger partial charge on any atom is -0.744 e. The van der Waals surface area contributed by atoms with Gasteiger partial charge in [-0.15, -0.1) is 0 Å². The predicted molar refractivity (Wildman–Crippen MR) is 48.8 cm³/mol. The van der Waals surface area contributed by atoms with Crippen molar-refractivity contribution in [3.63, 3.8) is 0 Å². The van der Waals surface area contributed by atoms with E-state index in [1.54, 1.807) is 0 Å². The third-order valence-electron chi connectivity index (χ3n) is 1.92. The second kappa shape index (κ2) is 6.19. The van der Waals surface area contributed by atoms with Crippen LogP contribution in [0, 0.1) is 0 Å². The molecule has 0 aliphatic carbocycles. The largest absolute Gasteiger partial charge is 1.00 e. The maximum absolute atomic E-state index is 11.9. The van der Waals surface area contributed by atoms with Gasteiger partial charge < -0.3 is 4.55 Å². The maximum atomic E-state index is 11.9. The SMILES string of the molecule is O=S(=O)([O-])c1ccccc1CCC(F)(F)F.[Na+].